The Morgan fingerprint density at radius 3 is 1.89 bits per heavy atom. The molecule has 0 atom stereocenters. The molecule has 3 aromatic rings. The van der Waals surface area contributed by atoms with E-state index in [0.29, 0.717) is 5.75 Å². The topological polar surface area (TPSA) is 158 Å². The van der Waals surface area contributed by atoms with Gasteiger partial charge in [0.2, 0.25) is 5.75 Å². The summed E-state index contributed by atoms with van der Waals surface area (Å²) < 4.78 is 15.7. The summed E-state index contributed by atoms with van der Waals surface area (Å²) in [6, 6.07) is 14.0. The molecule has 0 bridgehead atoms. The van der Waals surface area contributed by atoms with Crippen molar-refractivity contribution in [1.82, 2.24) is 10.9 Å². The number of nitro benzene ring substituents is 1. The number of carbonyl (C=O) groups is 3. The molecule has 12 nitrogen and oxygen atoms in total. The molecule has 0 aromatic heterocycles. The van der Waals surface area contributed by atoms with Crippen molar-refractivity contribution in [3.8, 4) is 17.2 Å². The number of para-hydroxylation sites is 1. The van der Waals surface area contributed by atoms with Crippen LogP contribution in [0.4, 0.5) is 11.4 Å². The van der Waals surface area contributed by atoms with Gasteiger partial charge in [-0.15, -0.1) is 0 Å². The summed E-state index contributed by atoms with van der Waals surface area (Å²) in [5.41, 5.74) is 4.96. The number of nitrogens with one attached hydrogen (secondary N) is 3. The van der Waals surface area contributed by atoms with Crippen LogP contribution in [-0.4, -0.2) is 44.0 Å². The molecule has 12 heteroatoms. The number of hydrogen-bond donors (Lipinski definition) is 3. The second-order valence-electron chi connectivity index (χ2n) is 7.13. The van der Waals surface area contributed by atoms with Crippen LogP contribution in [-0.2, 0) is 0 Å². The van der Waals surface area contributed by atoms with Crippen LogP contribution >= 0.6 is 0 Å². The fourth-order valence-corrected chi connectivity index (χ4v) is 3.18. The molecule has 3 amide bonds. The average molecular weight is 494 g/mol. The van der Waals surface area contributed by atoms with Crippen molar-refractivity contribution >= 4 is 29.1 Å². The second kappa shape index (κ2) is 11.3. The number of nitro groups is 1. The number of benzene rings is 3. The van der Waals surface area contributed by atoms with E-state index in [4.69, 9.17) is 14.2 Å². The summed E-state index contributed by atoms with van der Waals surface area (Å²) in [5, 5.41) is 13.4. The largest absolute Gasteiger partial charge is 0.493 e. The van der Waals surface area contributed by atoms with Crippen LogP contribution in [0.2, 0.25) is 0 Å². The van der Waals surface area contributed by atoms with Gasteiger partial charge < -0.3 is 19.5 Å². The minimum absolute atomic E-state index is 0.0675. The maximum atomic E-state index is 12.8. The van der Waals surface area contributed by atoms with Gasteiger partial charge in [0, 0.05) is 23.3 Å². The lowest BCUT2D eigenvalue weighted by Crippen LogP contribution is -2.42. The summed E-state index contributed by atoms with van der Waals surface area (Å²) in [6.07, 6.45) is 0. The summed E-state index contributed by atoms with van der Waals surface area (Å²) >= 11 is 0. The summed E-state index contributed by atoms with van der Waals surface area (Å²) in [5.74, 6) is -1.12. The Bertz CT molecular complexity index is 1280. The van der Waals surface area contributed by atoms with Crippen molar-refractivity contribution in [2.24, 2.45) is 0 Å². The quantitative estimate of drug-likeness (QED) is 0.318. The number of hydrazine groups is 1. The van der Waals surface area contributed by atoms with Gasteiger partial charge in [-0.05, 0) is 36.4 Å². The van der Waals surface area contributed by atoms with E-state index in [1.165, 1.54) is 69.9 Å². The number of hydrogen-bond acceptors (Lipinski definition) is 8. The molecule has 0 fully saturated rings. The van der Waals surface area contributed by atoms with Crippen molar-refractivity contribution in [3.63, 3.8) is 0 Å². The smallest absolute Gasteiger partial charge is 0.271 e. The van der Waals surface area contributed by atoms with E-state index in [2.05, 4.69) is 16.2 Å². The van der Waals surface area contributed by atoms with Gasteiger partial charge in [0.15, 0.2) is 11.5 Å². The van der Waals surface area contributed by atoms with Gasteiger partial charge in [0.25, 0.3) is 23.4 Å². The van der Waals surface area contributed by atoms with E-state index in [1.54, 1.807) is 12.1 Å². The number of non-ortho nitro benzene ring substituents is 1. The number of methoxy groups -OCH3 is 3. The predicted octanol–water partition coefficient (Wildman–Crippen LogP) is 2.95. The highest BCUT2D eigenvalue weighted by atomic mass is 16.6. The van der Waals surface area contributed by atoms with Gasteiger partial charge in [-0.2, -0.15) is 0 Å². The molecule has 36 heavy (non-hydrogen) atoms. The predicted molar refractivity (Wildman–Crippen MR) is 129 cm³/mol. The Morgan fingerprint density at radius 1 is 0.750 bits per heavy atom. The zero-order chi connectivity index (χ0) is 26.2. The minimum atomic E-state index is -0.699. The average Bonchev–Trinajstić information content (AvgIpc) is 2.90. The number of carbonyl (C=O) groups excluding carboxylic acids is 3. The maximum absolute atomic E-state index is 12.8. The lowest BCUT2D eigenvalue weighted by atomic mass is 10.1. The summed E-state index contributed by atoms with van der Waals surface area (Å²) in [7, 11) is 4.24. The van der Waals surface area contributed by atoms with Crippen LogP contribution in [0.15, 0.2) is 60.7 Å². The van der Waals surface area contributed by atoms with Gasteiger partial charge in [-0.25, -0.2) is 0 Å². The normalized spacial score (nSPS) is 10.1. The first-order valence-electron chi connectivity index (χ1n) is 10.3. The van der Waals surface area contributed by atoms with E-state index in [-0.39, 0.29) is 39.6 Å². The SMILES string of the molecule is COc1cc(C(=O)NNC(=O)c2ccccc2NC(=O)c2ccc([N+](=O)[O-])cc2)cc(OC)c1OC. The lowest BCUT2D eigenvalue weighted by Gasteiger charge is -2.15. The number of amides is 3. The fraction of sp³-hybridized carbons (Fsp3) is 0.125. The molecule has 0 heterocycles. The number of ether oxygens (including phenoxy) is 3. The van der Waals surface area contributed by atoms with Crippen LogP contribution in [0.3, 0.4) is 0 Å². The molecule has 0 saturated carbocycles. The first-order valence-corrected chi connectivity index (χ1v) is 10.3. The Kier molecular flexibility index (Phi) is 8.02. The van der Waals surface area contributed by atoms with E-state index < -0.39 is 22.6 Å². The van der Waals surface area contributed by atoms with Crippen LogP contribution in [0.25, 0.3) is 0 Å². The van der Waals surface area contributed by atoms with Gasteiger partial charge >= 0.3 is 0 Å². The molecular weight excluding hydrogens is 472 g/mol. The first kappa shape index (κ1) is 25.5. The number of rotatable bonds is 8. The number of anilines is 1. The van der Waals surface area contributed by atoms with E-state index >= 15 is 0 Å². The van der Waals surface area contributed by atoms with Gasteiger partial charge in [-0.3, -0.25) is 35.3 Å². The molecule has 0 saturated heterocycles. The molecule has 0 aliphatic heterocycles. The minimum Gasteiger partial charge on any atom is -0.493 e. The maximum Gasteiger partial charge on any atom is 0.271 e. The third kappa shape index (κ3) is 5.67. The fourth-order valence-electron chi connectivity index (χ4n) is 3.18. The zero-order valence-corrected chi connectivity index (χ0v) is 19.5. The Morgan fingerprint density at radius 2 is 1.33 bits per heavy atom. The van der Waals surface area contributed by atoms with Crippen LogP contribution < -0.4 is 30.4 Å². The van der Waals surface area contributed by atoms with Crippen LogP contribution in [0, 0.1) is 10.1 Å². The molecule has 0 radical (unpaired) electrons. The van der Waals surface area contributed by atoms with Crippen LogP contribution in [0.5, 0.6) is 17.2 Å². The Labute approximate surface area is 205 Å². The highest BCUT2D eigenvalue weighted by molar-refractivity contribution is 6.09. The van der Waals surface area contributed by atoms with E-state index in [1.807, 2.05) is 0 Å². The molecule has 0 aliphatic rings. The Hall–Kier alpha value is -5.13. The Balaban J connectivity index is 1.72. The zero-order valence-electron chi connectivity index (χ0n) is 19.5. The van der Waals surface area contributed by atoms with Crippen molar-refractivity contribution in [3.05, 3.63) is 87.5 Å². The van der Waals surface area contributed by atoms with Crippen molar-refractivity contribution in [1.29, 1.82) is 0 Å². The molecule has 186 valence electrons. The summed E-state index contributed by atoms with van der Waals surface area (Å²) in [6.45, 7) is 0. The molecule has 0 unspecified atom stereocenters. The molecule has 0 aliphatic carbocycles. The van der Waals surface area contributed by atoms with Gasteiger partial charge in [0.05, 0.1) is 37.5 Å². The molecular formula is C24H22N4O8. The van der Waals surface area contributed by atoms with E-state index in [0.717, 1.165) is 0 Å². The second-order valence-corrected chi connectivity index (χ2v) is 7.13. The molecule has 0 spiro atoms. The summed E-state index contributed by atoms with van der Waals surface area (Å²) in [4.78, 5) is 48.2. The van der Waals surface area contributed by atoms with Crippen molar-refractivity contribution < 1.29 is 33.5 Å². The van der Waals surface area contributed by atoms with Gasteiger partial charge in [0.1, 0.15) is 0 Å². The van der Waals surface area contributed by atoms with Crippen molar-refractivity contribution in [2.45, 2.75) is 0 Å². The highest BCUT2D eigenvalue weighted by Crippen LogP contribution is 2.38. The third-order valence-electron chi connectivity index (χ3n) is 4.98. The van der Waals surface area contributed by atoms with E-state index in [9.17, 15) is 24.5 Å². The molecule has 3 aromatic carbocycles. The first-order chi connectivity index (χ1) is 17.3. The molecule has 3 N–H and O–H groups in total. The van der Waals surface area contributed by atoms with Crippen molar-refractivity contribution in [2.75, 3.05) is 26.6 Å². The highest BCUT2D eigenvalue weighted by Gasteiger charge is 2.19. The number of nitrogens with zero attached hydrogens (tertiary/aromatic N) is 1. The molecule has 3 rings (SSSR count). The monoisotopic (exact) mass is 494 g/mol. The standard InChI is InChI=1S/C24H22N4O8/c1-34-19-12-15(13-20(35-2)21(19)36-3)23(30)26-27-24(31)17-6-4-5-7-18(17)25-22(29)14-8-10-16(11-9-14)28(32)33/h4-13H,1-3H3,(H,25,29)(H,26,30)(H,27,31). The lowest BCUT2D eigenvalue weighted by molar-refractivity contribution is -0.384. The van der Waals surface area contributed by atoms with Crippen LogP contribution in [0.1, 0.15) is 31.1 Å². The van der Waals surface area contributed by atoms with Gasteiger partial charge in [-0.1, -0.05) is 12.1 Å². The third-order valence-corrected chi connectivity index (χ3v) is 4.98.